The highest BCUT2D eigenvalue weighted by atomic mass is 16.5. The van der Waals surface area contributed by atoms with Crippen molar-refractivity contribution in [1.82, 2.24) is 0 Å². The number of carbonyl (C=O) groups is 1. The Balaban J connectivity index is 2.31. The summed E-state index contributed by atoms with van der Waals surface area (Å²) in [7, 11) is 0. The molecule has 15 heavy (non-hydrogen) atoms. The smallest absolute Gasteiger partial charge is 0.330 e. The molecule has 0 spiro atoms. The average molecular weight is 203 g/mol. The summed E-state index contributed by atoms with van der Waals surface area (Å²) in [5, 5.41) is 0. The highest BCUT2D eigenvalue weighted by molar-refractivity contribution is 5.81. The molecular formula is C13H15O2. The molecule has 79 valence electrons. The molecule has 0 amide bonds. The first-order chi connectivity index (χ1) is 7.22. The number of hydrogen-bond acceptors (Lipinski definition) is 2. The normalized spacial score (nSPS) is 11.8. The number of benzene rings is 1. The van der Waals surface area contributed by atoms with Crippen LogP contribution in [0.3, 0.4) is 0 Å². The van der Waals surface area contributed by atoms with E-state index in [1.54, 1.807) is 0 Å². The molecule has 1 atom stereocenters. The Hall–Kier alpha value is -1.57. The SMILES string of the molecule is C=CC(=O)OC(C)[CH]Cc1ccccc1. The van der Waals surface area contributed by atoms with Crippen LogP contribution in [-0.4, -0.2) is 12.1 Å². The molecule has 0 aliphatic carbocycles. The van der Waals surface area contributed by atoms with Crippen LogP contribution >= 0.6 is 0 Å². The van der Waals surface area contributed by atoms with Crippen LogP contribution in [0.4, 0.5) is 0 Å². The Bertz CT molecular complexity index is 317. The van der Waals surface area contributed by atoms with Crippen LogP contribution in [0.2, 0.25) is 0 Å². The van der Waals surface area contributed by atoms with Crippen molar-refractivity contribution in [3.8, 4) is 0 Å². The maximum absolute atomic E-state index is 10.9. The zero-order valence-electron chi connectivity index (χ0n) is 8.85. The van der Waals surface area contributed by atoms with Crippen molar-refractivity contribution >= 4 is 5.97 Å². The first kappa shape index (κ1) is 11.5. The molecule has 1 rings (SSSR count). The summed E-state index contributed by atoms with van der Waals surface area (Å²) in [6.45, 7) is 5.18. The fourth-order valence-electron chi connectivity index (χ4n) is 1.20. The Kier molecular flexibility index (Phi) is 4.61. The average Bonchev–Trinajstić information content (AvgIpc) is 2.27. The third-order valence-electron chi connectivity index (χ3n) is 2.00. The number of hydrogen-bond donors (Lipinski definition) is 0. The van der Waals surface area contributed by atoms with Gasteiger partial charge in [-0.2, -0.15) is 0 Å². The van der Waals surface area contributed by atoms with Crippen molar-refractivity contribution in [1.29, 1.82) is 0 Å². The zero-order chi connectivity index (χ0) is 11.1. The predicted octanol–water partition coefficient (Wildman–Crippen LogP) is 2.55. The summed E-state index contributed by atoms with van der Waals surface area (Å²) in [5.41, 5.74) is 1.21. The quantitative estimate of drug-likeness (QED) is 0.543. The fourth-order valence-corrected chi connectivity index (χ4v) is 1.20. The molecule has 1 unspecified atom stereocenters. The van der Waals surface area contributed by atoms with Crippen molar-refractivity contribution in [3.05, 3.63) is 55.0 Å². The van der Waals surface area contributed by atoms with Gasteiger partial charge < -0.3 is 4.74 Å². The largest absolute Gasteiger partial charge is 0.459 e. The van der Waals surface area contributed by atoms with E-state index in [-0.39, 0.29) is 12.1 Å². The van der Waals surface area contributed by atoms with Gasteiger partial charge in [0.25, 0.3) is 0 Å². The highest BCUT2D eigenvalue weighted by Crippen LogP contribution is 2.06. The zero-order valence-corrected chi connectivity index (χ0v) is 8.85. The van der Waals surface area contributed by atoms with Crippen LogP contribution in [-0.2, 0) is 16.0 Å². The van der Waals surface area contributed by atoms with E-state index >= 15 is 0 Å². The minimum atomic E-state index is -0.383. The molecule has 0 N–H and O–H groups in total. The second-order valence-electron chi connectivity index (χ2n) is 3.27. The van der Waals surface area contributed by atoms with Crippen molar-refractivity contribution in [2.45, 2.75) is 19.4 Å². The lowest BCUT2D eigenvalue weighted by atomic mass is 10.1. The second kappa shape index (κ2) is 6.02. The maximum Gasteiger partial charge on any atom is 0.330 e. The van der Waals surface area contributed by atoms with Crippen molar-refractivity contribution in [2.24, 2.45) is 0 Å². The minimum absolute atomic E-state index is 0.185. The van der Waals surface area contributed by atoms with Crippen molar-refractivity contribution in [3.63, 3.8) is 0 Å². The van der Waals surface area contributed by atoms with E-state index in [2.05, 4.69) is 6.58 Å². The van der Waals surface area contributed by atoms with Crippen LogP contribution in [0.15, 0.2) is 43.0 Å². The molecule has 0 bridgehead atoms. The van der Waals surface area contributed by atoms with Crippen LogP contribution in [0.25, 0.3) is 0 Å². The highest BCUT2D eigenvalue weighted by Gasteiger charge is 2.06. The van der Waals surface area contributed by atoms with Gasteiger partial charge in [0.05, 0.1) is 0 Å². The number of esters is 1. The van der Waals surface area contributed by atoms with Crippen molar-refractivity contribution < 1.29 is 9.53 Å². The molecule has 1 aromatic carbocycles. The predicted molar refractivity (Wildman–Crippen MR) is 60.2 cm³/mol. The van der Waals surface area contributed by atoms with E-state index in [1.165, 1.54) is 11.6 Å². The van der Waals surface area contributed by atoms with Crippen LogP contribution in [0.5, 0.6) is 0 Å². The van der Waals surface area contributed by atoms with Gasteiger partial charge in [-0.05, 0) is 18.9 Å². The summed E-state index contributed by atoms with van der Waals surface area (Å²) in [5.74, 6) is -0.383. The second-order valence-corrected chi connectivity index (χ2v) is 3.27. The van der Waals surface area contributed by atoms with E-state index in [9.17, 15) is 4.79 Å². The molecule has 0 aromatic heterocycles. The molecule has 0 saturated carbocycles. The molecule has 0 fully saturated rings. The van der Waals surface area contributed by atoms with Crippen LogP contribution < -0.4 is 0 Å². The van der Waals surface area contributed by atoms with Gasteiger partial charge in [0.1, 0.15) is 6.10 Å². The third-order valence-corrected chi connectivity index (χ3v) is 2.00. The molecule has 0 aliphatic heterocycles. The topological polar surface area (TPSA) is 26.3 Å². The molecule has 2 heteroatoms. The Morgan fingerprint density at radius 2 is 2.13 bits per heavy atom. The lowest BCUT2D eigenvalue weighted by Gasteiger charge is -2.10. The Morgan fingerprint density at radius 3 is 2.73 bits per heavy atom. The van der Waals surface area contributed by atoms with E-state index < -0.39 is 0 Å². The van der Waals surface area contributed by atoms with Gasteiger partial charge in [0.15, 0.2) is 0 Å². The first-order valence-electron chi connectivity index (χ1n) is 4.92. The fraction of sp³-hybridized carbons (Fsp3) is 0.231. The van der Waals surface area contributed by atoms with Gasteiger partial charge in [-0.25, -0.2) is 4.79 Å². The van der Waals surface area contributed by atoms with Crippen molar-refractivity contribution in [2.75, 3.05) is 0 Å². The number of carbonyl (C=O) groups excluding carboxylic acids is 1. The molecule has 1 radical (unpaired) electrons. The van der Waals surface area contributed by atoms with E-state index in [4.69, 9.17) is 4.74 Å². The molecule has 0 aliphatic rings. The van der Waals surface area contributed by atoms with Gasteiger partial charge in [-0.15, -0.1) is 0 Å². The molecular weight excluding hydrogens is 188 g/mol. The standard InChI is InChI=1S/C13H15O2/c1-3-13(14)15-11(2)9-10-12-7-5-4-6-8-12/h3-9,11H,1,10H2,2H3. The summed E-state index contributed by atoms with van der Waals surface area (Å²) in [6, 6.07) is 10.0. The lowest BCUT2D eigenvalue weighted by molar-refractivity contribution is -0.140. The van der Waals surface area contributed by atoms with Gasteiger partial charge in [-0.1, -0.05) is 36.9 Å². The molecule has 2 nitrogen and oxygen atoms in total. The minimum Gasteiger partial charge on any atom is -0.459 e. The van der Waals surface area contributed by atoms with E-state index in [0.717, 1.165) is 6.42 Å². The lowest BCUT2D eigenvalue weighted by Crippen LogP contribution is -2.14. The van der Waals surface area contributed by atoms with E-state index in [0.29, 0.717) is 0 Å². The van der Waals surface area contributed by atoms with Gasteiger partial charge in [-0.3, -0.25) is 0 Å². The maximum atomic E-state index is 10.9. The Morgan fingerprint density at radius 1 is 1.47 bits per heavy atom. The van der Waals surface area contributed by atoms with Gasteiger partial charge in [0, 0.05) is 12.5 Å². The monoisotopic (exact) mass is 203 g/mol. The number of rotatable bonds is 5. The summed E-state index contributed by atoms with van der Waals surface area (Å²) in [6.07, 6.45) is 3.74. The number of ether oxygens (including phenoxy) is 1. The summed E-state index contributed by atoms with van der Waals surface area (Å²) in [4.78, 5) is 10.9. The van der Waals surface area contributed by atoms with Crippen LogP contribution in [0, 0.1) is 6.42 Å². The van der Waals surface area contributed by atoms with Crippen LogP contribution in [0.1, 0.15) is 12.5 Å². The first-order valence-corrected chi connectivity index (χ1v) is 4.92. The Labute approximate surface area is 90.6 Å². The molecule has 1 aromatic rings. The van der Waals surface area contributed by atoms with Gasteiger partial charge in [0.2, 0.25) is 0 Å². The summed E-state index contributed by atoms with van der Waals surface area (Å²) >= 11 is 0. The molecule has 0 saturated heterocycles. The molecule has 0 heterocycles. The van der Waals surface area contributed by atoms with Gasteiger partial charge >= 0.3 is 5.97 Å². The summed E-state index contributed by atoms with van der Waals surface area (Å²) < 4.78 is 5.01. The third kappa shape index (κ3) is 4.45. The van der Waals surface area contributed by atoms with E-state index in [1.807, 2.05) is 43.7 Å².